The molecule has 3 nitrogen and oxygen atoms in total. The number of hydrogen-bond donors (Lipinski definition) is 1. The van der Waals surface area contributed by atoms with E-state index in [1.54, 1.807) is 0 Å². The number of aromatic nitrogens is 1. The first kappa shape index (κ1) is 11.1. The third-order valence-electron chi connectivity index (χ3n) is 2.35. The first-order chi connectivity index (χ1) is 6.77. The molecule has 0 aliphatic heterocycles. The Kier molecular flexibility index (Phi) is 4.56. The Hall–Kier alpha value is -0.930. The molecule has 0 saturated heterocycles. The fourth-order valence-electron chi connectivity index (χ4n) is 1.39. The van der Waals surface area contributed by atoms with Gasteiger partial charge in [-0.05, 0) is 25.1 Å². The molecule has 0 atom stereocenters. The third-order valence-corrected chi connectivity index (χ3v) is 2.35. The Bertz CT molecular complexity index is 276. The van der Waals surface area contributed by atoms with Crippen LogP contribution in [0.5, 0.6) is 0 Å². The molecule has 0 bridgehead atoms. The average Bonchev–Trinajstić information content (AvgIpc) is 2.20. The number of likely N-dealkylation sites (N-methyl/N-ethyl adjacent to an activating group) is 1. The summed E-state index contributed by atoms with van der Waals surface area (Å²) < 4.78 is 0. The molecule has 1 rings (SSSR count). The number of rotatable bonds is 5. The molecule has 0 fully saturated rings. The van der Waals surface area contributed by atoms with Crippen LogP contribution in [0, 0.1) is 6.92 Å². The number of nitrogens with zero attached hydrogens (tertiary/aromatic N) is 2. The highest BCUT2D eigenvalue weighted by Gasteiger charge is 2.05. The van der Waals surface area contributed by atoms with E-state index < -0.39 is 0 Å². The van der Waals surface area contributed by atoms with E-state index in [0.29, 0.717) is 6.54 Å². The molecule has 0 spiro atoms. The van der Waals surface area contributed by atoms with Gasteiger partial charge in [-0.3, -0.25) is 9.88 Å². The van der Waals surface area contributed by atoms with Gasteiger partial charge < -0.3 is 5.11 Å². The zero-order valence-corrected chi connectivity index (χ0v) is 8.90. The molecule has 0 aromatic carbocycles. The second-order valence-corrected chi connectivity index (χ2v) is 3.36. The van der Waals surface area contributed by atoms with Gasteiger partial charge in [-0.25, -0.2) is 0 Å². The van der Waals surface area contributed by atoms with Crippen LogP contribution in [0.25, 0.3) is 0 Å². The largest absolute Gasteiger partial charge is 0.395 e. The van der Waals surface area contributed by atoms with Crippen LogP contribution < -0.4 is 0 Å². The van der Waals surface area contributed by atoms with Crippen molar-refractivity contribution in [2.75, 3.05) is 19.7 Å². The molecule has 14 heavy (non-hydrogen) atoms. The minimum atomic E-state index is 0.208. The van der Waals surface area contributed by atoms with Crippen molar-refractivity contribution < 1.29 is 5.11 Å². The van der Waals surface area contributed by atoms with Crippen molar-refractivity contribution in [2.24, 2.45) is 0 Å². The lowest BCUT2D eigenvalue weighted by Gasteiger charge is -2.19. The molecule has 0 aliphatic rings. The molecular formula is C11H18N2O. The zero-order chi connectivity index (χ0) is 10.4. The summed E-state index contributed by atoms with van der Waals surface area (Å²) in [6.45, 7) is 6.84. The Balaban J connectivity index is 2.62. The summed E-state index contributed by atoms with van der Waals surface area (Å²) in [5, 5.41) is 8.85. The molecule has 0 radical (unpaired) electrons. The molecule has 78 valence electrons. The predicted octanol–water partition coefficient (Wildman–Crippen LogP) is 1.20. The Labute approximate surface area is 85.4 Å². The van der Waals surface area contributed by atoms with E-state index in [-0.39, 0.29) is 6.61 Å². The Morgan fingerprint density at radius 3 is 2.86 bits per heavy atom. The van der Waals surface area contributed by atoms with Crippen LogP contribution in [-0.4, -0.2) is 34.7 Å². The molecule has 1 aromatic heterocycles. The van der Waals surface area contributed by atoms with E-state index in [4.69, 9.17) is 5.11 Å². The summed E-state index contributed by atoms with van der Waals surface area (Å²) in [5.74, 6) is 0. The maximum absolute atomic E-state index is 8.85. The minimum absolute atomic E-state index is 0.208. The molecule has 1 N–H and O–H groups in total. The number of hydrogen-bond acceptors (Lipinski definition) is 3. The van der Waals surface area contributed by atoms with Crippen LogP contribution in [0.2, 0.25) is 0 Å². The van der Waals surface area contributed by atoms with Gasteiger partial charge in [-0.15, -0.1) is 0 Å². The second-order valence-electron chi connectivity index (χ2n) is 3.36. The van der Waals surface area contributed by atoms with Crippen molar-refractivity contribution in [2.45, 2.75) is 20.4 Å². The number of aliphatic hydroxyl groups excluding tert-OH is 1. The molecule has 3 heteroatoms. The van der Waals surface area contributed by atoms with Gasteiger partial charge in [0.2, 0.25) is 0 Å². The molecular weight excluding hydrogens is 176 g/mol. The Morgan fingerprint density at radius 2 is 2.29 bits per heavy atom. The van der Waals surface area contributed by atoms with E-state index >= 15 is 0 Å². The quantitative estimate of drug-likeness (QED) is 0.765. The predicted molar refractivity (Wildman–Crippen MR) is 57.0 cm³/mol. The summed E-state index contributed by atoms with van der Waals surface area (Å²) >= 11 is 0. The SMILES string of the molecule is CCN(CCO)Cc1ncccc1C. The lowest BCUT2D eigenvalue weighted by molar-refractivity contribution is 0.195. The molecule has 0 unspecified atom stereocenters. The van der Waals surface area contributed by atoms with Crippen molar-refractivity contribution in [3.05, 3.63) is 29.6 Å². The van der Waals surface area contributed by atoms with Crippen molar-refractivity contribution in [3.8, 4) is 0 Å². The van der Waals surface area contributed by atoms with Crippen LogP contribution in [0.1, 0.15) is 18.2 Å². The highest BCUT2D eigenvalue weighted by atomic mass is 16.3. The van der Waals surface area contributed by atoms with Gasteiger partial charge >= 0.3 is 0 Å². The molecule has 0 amide bonds. The van der Waals surface area contributed by atoms with E-state index in [0.717, 1.165) is 18.8 Å². The van der Waals surface area contributed by atoms with E-state index in [1.165, 1.54) is 5.56 Å². The highest BCUT2D eigenvalue weighted by molar-refractivity contribution is 5.17. The van der Waals surface area contributed by atoms with Crippen LogP contribution in [0.4, 0.5) is 0 Å². The van der Waals surface area contributed by atoms with Gasteiger partial charge in [0.05, 0.1) is 12.3 Å². The second kappa shape index (κ2) is 5.73. The van der Waals surface area contributed by atoms with Gasteiger partial charge in [0.1, 0.15) is 0 Å². The van der Waals surface area contributed by atoms with Gasteiger partial charge in [-0.2, -0.15) is 0 Å². The normalized spacial score (nSPS) is 10.9. The van der Waals surface area contributed by atoms with Crippen molar-refractivity contribution >= 4 is 0 Å². The van der Waals surface area contributed by atoms with Gasteiger partial charge in [0, 0.05) is 19.3 Å². The van der Waals surface area contributed by atoms with E-state index in [2.05, 4.69) is 29.8 Å². The van der Waals surface area contributed by atoms with E-state index in [9.17, 15) is 0 Å². The van der Waals surface area contributed by atoms with Crippen LogP contribution in [-0.2, 0) is 6.54 Å². The highest BCUT2D eigenvalue weighted by Crippen LogP contribution is 2.06. The molecule has 0 aliphatic carbocycles. The fraction of sp³-hybridized carbons (Fsp3) is 0.545. The summed E-state index contributed by atoms with van der Waals surface area (Å²) in [6, 6.07) is 4.01. The van der Waals surface area contributed by atoms with Crippen molar-refractivity contribution in [1.82, 2.24) is 9.88 Å². The van der Waals surface area contributed by atoms with Gasteiger partial charge in [-0.1, -0.05) is 13.0 Å². The summed E-state index contributed by atoms with van der Waals surface area (Å²) in [6.07, 6.45) is 1.81. The van der Waals surface area contributed by atoms with Crippen molar-refractivity contribution in [1.29, 1.82) is 0 Å². The lowest BCUT2D eigenvalue weighted by Crippen LogP contribution is -2.26. The number of aryl methyl sites for hydroxylation is 1. The first-order valence-electron chi connectivity index (χ1n) is 5.01. The molecule has 1 heterocycles. The fourth-order valence-corrected chi connectivity index (χ4v) is 1.39. The zero-order valence-electron chi connectivity index (χ0n) is 8.90. The van der Waals surface area contributed by atoms with Crippen LogP contribution in [0.15, 0.2) is 18.3 Å². The molecule has 0 saturated carbocycles. The smallest absolute Gasteiger partial charge is 0.0573 e. The topological polar surface area (TPSA) is 36.4 Å². The standard InChI is InChI=1S/C11H18N2O/c1-3-13(7-8-14)9-11-10(2)5-4-6-12-11/h4-6,14H,3,7-9H2,1-2H3. The van der Waals surface area contributed by atoms with Crippen molar-refractivity contribution in [3.63, 3.8) is 0 Å². The summed E-state index contributed by atoms with van der Waals surface area (Å²) in [4.78, 5) is 6.50. The maximum atomic E-state index is 8.85. The lowest BCUT2D eigenvalue weighted by atomic mass is 10.2. The summed E-state index contributed by atoms with van der Waals surface area (Å²) in [5.41, 5.74) is 2.31. The third kappa shape index (κ3) is 3.09. The number of aliphatic hydroxyl groups is 1. The van der Waals surface area contributed by atoms with Crippen LogP contribution >= 0.6 is 0 Å². The summed E-state index contributed by atoms with van der Waals surface area (Å²) in [7, 11) is 0. The van der Waals surface area contributed by atoms with Gasteiger partial charge in [0.25, 0.3) is 0 Å². The van der Waals surface area contributed by atoms with E-state index in [1.807, 2.05) is 12.3 Å². The van der Waals surface area contributed by atoms with Gasteiger partial charge in [0.15, 0.2) is 0 Å². The monoisotopic (exact) mass is 194 g/mol. The number of pyridine rings is 1. The maximum Gasteiger partial charge on any atom is 0.0573 e. The van der Waals surface area contributed by atoms with Crippen LogP contribution in [0.3, 0.4) is 0 Å². The average molecular weight is 194 g/mol. The Morgan fingerprint density at radius 1 is 1.50 bits per heavy atom. The minimum Gasteiger partial charge on any atom is -0.395 e. The molecule has 1 aromatic rings. The first-order valence-corrected chi connectivity index (χ1v) is 5.01.